The highest BCUT2D eigenvalue weighted by Crippen LogP contribution is 2.32. The minimum atomic E-state index is -0.460. The molecule has 0 amide bonds. The van der Waals surface area contributed by atoms with Gasteiger partial charge in [0, 0.05) is 38.3 Å². The highest BCUT2D eigenvalue weighted by molar-refractivity contribution is 5.73. The topological polar surface area (TPSA) is 138 Å². The van der Waals surface area contributed by atoms with Crippen LogP contribution in [0.5, 0.6) is 0 Å². The van der Waals surface area contributed by atoms with E-state index in [0.29, 0.717) is 53.4 Å². The van der Waals surface area contributed by atoms with Gasteiger partial charge >= 0.3 is 0 Å². The summed E-state index contributed by atoms with van der Waals surface area (Å²) in [5.41, 5.74) is 7.97. The molecular formula is C21H22FN11. The Morgan fingerprint density at radius 2 is 2.06 bits per heavy atom. The molecule has 5 rings (SSSR count). The van der Waals surface area contributed by atoms with Crippen LogP contribution in [0.2, 0.25) is 0 Å². The average Bonchev–Trinajstić information content (AvgIpc) is 3.28. The van der Waals surface area contributed by atoms with Gasteiger partial charge in [0.25, 0.3) is 0 Å². The molecule has 33 heavy (non-hydrogen) atoms. The van der Waals surface area contributed by atoms with Gasteiger partial charge in [-0.2, -0.15) is 14.9 Å². The molecule has 1 aliphatic rings. The summed E-state index contributed by atoms with van der Waals surface area (Å²) in [4.78, 5) is 6.38. The first-order chi connectivity index (χ1) is 16.1. The van der Waals surface area contributed by atoms with Crippen molar-refractivity contribution in [3.63, 3.8) is 0 Å². The number of nitriles is 1. The second-order valence-electron chi connectivity index (χ2n) is 7.88. The first kappa shape index (κ1) is 20.7. The minimum absolute atomic E-state index is 0.218. The second kappa shape index (κ2) is 8.36. The molecule has 0 bridgehead atoms. The van der Waals surface area contributed by atoms with E-state index in [1.54, 1.807) is 33.9 Å². The van der Waals surface area contributed by atoms with E-state index in [2.05, 4.69) is 37.0 Å². The van der Waals surface area contributed by atoms with E-state index in [4.69, 9.17) is 5.73 Å². The fraction of sp³-hybridized carbons (Fsp3) is 0.286. The molecule has 0 spiro atoms. The number of fused-ring (bicyclic) bond motifs is 1. The van der Waals surface area contributed by atoms with Crippen molar-refractivity contribution in [3.8, 4) is 11.8 Å². The van der Waals surface area contributed by atoms with Crippen LogP contribution in [0.4, 0.5) is 27.4 Å². The van der Waals surface area contributed by atoms with E-state index in [1.165, 1.54) is 12.3 Å². The molecule has 0 radical (unpaired) electrons. The van der Waals surface area contributed by atoms with Crippen LogP contribution in [0, 0.1) is 17.1 Å². The van der Waals surface area contributed by atoms with E-state index in [1.807, 2.05) is 11.9 Å². The Balaban J connectivity index is 1.57. The highest BCUT2D eigenvalue weighted by atomic mass is 19.1. The third-order valence-corrected chi connectivity index (χ3v) is 5.42. The van der Waals surface area contributed by atoms with Crippen molar-refractivity contribution in [1.82, 2.24) is 29.4 Å². The van der Waals surface area contributed by atoms with Gasteiger partial charge in [0.2, 0.25) is 0 Å². The van der Waals surface area contributed by atoms with E-state index in [-0.39, 0.29) is 5.69 Å². The zero-order valence-electron chi connectivity index (χ0n) is 17.9. The zero-order chi connectivity index (χ0) is 22.9. The number of hydrogen-bond donors (Lipinski definition) is 3. The molecule has 0 unspecified atom stereocenters. The Bertz CT molecular complexity index is 1330. The Morgan fingerprint density at radius 1 is 1.27 bits per heavy atom. The molecule has 0 saturated heterocycles. The van der Waals surface area contributed by atoms with Crippen molar-refractivity contribution < 1.29 is 4.39 Å². The summed E-state index contributed by atoms with van der Waals surface area (Å²) in [5.74, 6) is 0.614. The van der Waals surface area contributed by atoms with Crippen LogP contribution < -0.4 is 21.3 Å². The number of benzene rings is 1. The summed E-state index contributed by atoms with van der Waals surface area (Å²) in [6.07, 6.45) is 6.69. The lowest BCUT2D eigenvalue weighted by Crippen LogP contribution is -2.26. The molecule has 4 aromatic rings. The average molecular weight is 447 g/mol. The van der Waals surface area contributed by atoms with Gasteiger partial charge in [-0.25, -0.2) is 9.37 Å². The van der Waals surface area contributed by atoms with Crippen LogP contribution in [-0.4, -0.2) is 55.5 Å². The third-order valence-electron chi connectivity index (χ3n) is 5.42. The summed E-state index contributed by atoms with van der Waals surface area (Å²) >= 11 is 0. The van der Waals surface area contributed by atoms with Gasteiger partial charge in [-0.05, 0) is 18.9 Å². The zero-order valence-corrected chi connectivity index (χ0v) is 17.9. The minimum Gasteiger partial charge on any atom is -0.372 e. The van der Waals surface area contributed by atoms with Crippen molar-refractivity contribution >= 4 is 28.7 Å². The maximum Gasteiger partial charge on any atom is 0.177 e. The van der Waals surface area contributed by atoms with Gasteiger partial charge in [-0.15, -0.1) is 10.2 Å². The Hall–Kier alpha value is -4.24. The third kappa shape index (κ3) is 4.01. The maximum atomic E-state index is 15.2. The Labute approximate surface area is 188 Å². The molecule has 4 N–H and O–H groups in total. The number of anilines is 4. The number of hydrogen-bond acceptors (Lipinski definition) is 9. The van der Waals surface area contributed by atoms with Crippen LogP contribution >= 0.6 is 0 Å². The fourth-order valence-electron chi connectivity index (χ4n) is 3.58. The lowest BCUT2D eigenvalue weighted by Gasteiger charge is -2.23. The van der Waals surface area contributed by atoms with Gasteiger partial charge in [0.1, 0.15) is 41.7 Å². The van der Waals surface area contributed by atoms with Gasteiger partial charge in [-0.1, -0.05) is 0 Å². The molecule has 0 aliphatic heterocycles. The number of halogens is 1. The van der Waals surface area contributed by atoms with E-state index < -0.39 is 5.82 Å². The van der Waals surface area contributed by atoms with E-state index in [0.717, 1.165) is 12.8 Å². The van der Waals surface area contributed by atoms with Gasteiger partial charge < -0.3 is 21.3 Å². The lowest BCUT2D eigenvalue weighted by molar-refractivity contribution is 0.630. The van der Waals surface area contributed by atoms with Gasteiger partial charge in [-0.3, -0.25) is 4.57 Å². The summed E-state index contributed by atoms with van der Waals surface area (Å²) in [5, 5.41) is 27.9. The number of likely N-dealkylation sites (N-methyl/N-ethyl adjacent to an activating group) is 1. The van der Waals surface area contributed by atoms with Gasteiger partial charge in [0.05, 0.1) is 23.3 Å². The molecule has 3 aromatic heterocycles. The molecule has 168 valence electrons. The molecule has 1 saturated carbocycles. The molecular weight excluding hydrogens is 425 g/mol. The number of nitrogens with zero attached hydrogens (tertiary/aromatic N) is 8. The molecule has 1 aromatic carbocycles. The highest BCUT2D eigenvalue weighted by Gasteiger charge is 2.23. The Kier molecular flexibility index (Phi) is 5.23. The van der Waals surface area contributed by atoms with E-state index >= 15 is 4.39 Å². The monoisotopic (exact) mass is 447 g/mol. The molecule has 11 nitrogen and oxygen atoms in total. The number of aromatic nitrogens is 6. The molecule has 1 fully saturated rings. The van der Waals surface area contributed by atoms with Crippen LogP contribution in [0.1, 0.15) is 18.4 Å². The number of nitrogens with two attached hydrogens (primary N) is 1. The predicted molar refractivity (Wildman–Crippen MR) is 121 cm³/mol. The van der Waals surface area contributed by atoms with Crippen LogP contribution in [0.15, 0.2) is 37.1 Å². The fourth-order valence-corrected chi connectivity index (χ4v) is 3.58. The standard InChI is InChI=1S/C21H22FN11/c1-31(5-4-23)17-6-15(22)16(7-18(17)32-11-25-26-12-32)29-19-8-20(28-14-2-3-14)33-21(30-19)13(9-24)10-27-33/h6-8,10-12,14,28H,2-5,23H2,1H3,(H,29,30). The SMILES string of the molecule is CN(CCN)c1cc(F)c(Nc2cc(NC3CC3)n3ncc(C#N)c3n2)cc1-n1cnnc1. The molecule has 1 aliphatic carbocycles. The van der Waals surface area contributed by atoms with Crippen LogP contribution in [-0.2, 0) is 0 Å². The Morgan fingerprint density at radius 3 is 2.76 bits per heavy atom. The molecule has 3 heterocycles. The molecule has 12 heteroatoms. The number of nitrogens with one attached hydrogen (secondary N) is 2. The predicted octanol–water partition coefficient (Wildman–Crippen LogP) is 2.03. The molecule has 0 atom stereocenters. The quantitative estimate of drug-likeness (QED) is 0.370. The van der Waals surface area contributed by atoms with Crippen molar-refractivity contribution in [3.05, 3.63) is 48.4 Å². The van der Waals surface area contributed by atoms with Crippen molar-refractivity contribution in [1.29, 1.82) is 5.26 Å². The van der Waals surface area contributed by atoms with Crippen molar-refractivity contribution in [2.75, 3.05) is 35.7 Å². The summed E-state index contributed by atoms with van der Waals surface area (Å²) < 4.78 is 18.5. The first-order valence-electron chi connectivity index (χ1n) is 10.5. The normalized spacial score (nSPS) is 13.2. The second-order valence-corrected chi connectivity index (χ2v) is 7.88. The first-order valence-corrected chi connectivity index (χ1v) is 10.5. The van der Waals surface area contributed by atoms with Crippen LogP contribution in [0.3, 0.4) is 0 Å². The van der Waals surface area contributed by atoms with Crippen LogP contribution in [0.25, 0.3) is 11.3 Å². The smallest absolute Gasteiger partial charge is 0.177 e. The maximum absolute atomic E-state index is 15.2. The summed E-state index contributed by atoms with van der Waals surface area (Å²) in [7, 11) is 1.84. The van der Waals surface area contributed by atoms with Crippen molar-refractivity contribution in [2.45, 2.75) is 18.9 Å². The largest absolute Gasteiger partial charge is 0.372 e. The number of rotatable bonds is 8. The van der Waals surface area contributed by atoms with E-state index in [9.17, 15) is 5.26 Å². The summed E-state index contributed by atoms with van der Waals surface area (Å²) in [6, 6.07) is 7.32. The van der Waals surface area contributed by atoms with Gasteiger partial charge in [0.15, 0.2) is 5.65 Å². The lowest BCUT2D eigenvalue weighted by atomic mass is 10.2. The van der Waals surface area contributed by atoms with Crippen molar-refractivity contribution in [2.24, 2.45) is 5.73 Å². The summed E-state index contributed by atoms with van der Waals surface area (Å²) in [6.45, 7) is 0.973.